The minimum absolute atomic E-state index is 0.00243. The molecule has 1 aliphatic heterocycles. The lowest BCUT2D eigenvalue weighted by Gasteiger charge is -2.32. The molecule has 1 fully saturated rings. The van der Waals surface area contributed by atoms with Crippen LogP contribution in [0.4, 0.5) is 13.2 Å². The van der Waals surface area contributed by atoms with Gasteiger partial charge in [-0.25, -0.2) is 0 Å². The topological polar surface area (TPSA) is 49.4 Å². The lowest BCUT2D eigenvalue weighted by Crippen LogP contribution is -2.46. The van der Waals surface area contributed by atoms with Gasteiger partial charge in [-0.15, -0.1) is 11.6 Å². The van der Waals surface area contributed by atoms with Crippen LogP contribution in [-0.4, -0.2) is 41.7 Å². The van der Waals surface area contributed by atoms with Gasteiger partial charge in [-0.3, -0.25) is 9.59 Å². The summed E-state index contributed by atoms with van der Waals surface area (Å²) in [5.41, 5.74) is -0.549. The smallest absolute Gasteiger partial charge is 0.353 e. The Kier molecular flexibility index (Phi) is 6.10. The molecule has 0 radical (unpaired) electrons. The minimum atomic E-state index is -4.42. The van der Waals surface area contributed by atoms with Crippen LogP contribution in [0.25, 0.3) is 0 Å². The Labute approximate surface area is 143 Å². The standard InChI is InChI=1S/C16H18ClF3N2O2/c17-8-5-14(23)21-13-6-9-22(10-7-13)15(24)11-1-3-12(4-2-11)16(18,19)20/h1-4,13H,5-10H2,(H,21,23). The molecule has 1 aromatic carbocycles. The van der Waals surface area contributed by atoms with Crippen molar-refractivity contribution in [3.63, 3.8) is 0 Å². The van der Waals surface area contributed by atoms with Crippen molar-refractivity contribution in [1.82, 2.24) is 10.2 Å². The van der Waals surface area contributed by atoms with Gasteiger partial charge in [0.1, 0.15) is 0 Å². The molecule has 0 bridgehead atoms. The summed E-state index contributed by atoms with van der Waals surface area (Å²) in [5.74, 6) is -0.149. The lowest BCUT2D eigenvalue weighted by atomic mass is 10.0. The Balaban J connectivity index is 1.89. The highest BCUT2D eigenvalue weighted by molar-refractivity contribution is 6.18. The highest BCUT2D eigenvalue weighted by Crippen LogP contribution is 2.29. The van der Waals surface area contributed by atoms with Crippen molar-refractivity contribution in [2.75, 3.05) is 19.0 Å². The summed E-state index contributed by atoms with van der Waals surface area (Å²) in [6.45, 7) is 0.900. The number of amides is 2. The molecule has 132 valence electrons. The maximum absolute atomic E-state index is 12.5. The zero-order valence-electron chi connectivity index (χ0n) is 12.9. The monoisotopic (exact) mass is 362 g/mol. The number of carbonyl (C=O) groups excluding carboxylic acids is 2. The molecule has 1 aliphatic rings. The van der Waals surface area contributed by atoms with Gasteiger partial charge >= 0.3 is 6.18 Å². The molecule has 1 saturated heterocycles. The minimum Gasteiger partial charge on any atom is -0.353 e. The number of hydrogen-bond donors (Lipinski definition) is 1. The van der Waals surface area contributed by atoms with Crippen molar-refractivity contribution < 1.29 is 22.8 Å². The molecule has 0 spiro atoms. The summed E-state index contributed by atoms with van der Waals surface area (Å²) in [6, 6.07) is 4.20. The van der Waals surface area contributed by atoms with Gasteiger partial charge in [0.15, 0.2) is 0 Å². The number of nitrogens with one attached hydrogen (secondary N) is 1. The molecule has 24 heavy (non-hydrogen) atoms. The Morgan fingerprint density at radius 3 is 2.25 bits per heavy atom. The van der Waals surface area contributed by atoms with Gasteiger partial charge in [0, 0.05) is 37.0 Å². The van der Waals surface area contributed by atoms with E-state index in [9.17, 15) is 22.8 Å². The first-order chi connectivity index (χ1) is 11.3. The van der Waals surface area contributed by atoms with Crippen LogP contribution in [-0.2, 0) is 11.0 Å². The quantitative estimate of drug-likeness (QED) is 0.837. The van der Waals surface area contributed by atoms with Gasteiger partial charge in [0.2, 0.25) is 5.91 Å². The summed E-state index contributed by atoms with van der Waals surface area (Å²) in [6.07, 6.45) is -2.94. The Hall–Kier alpha value is -1.76. The van der Waals surface area contributed by atoms with Gasteiger partial charge in [0.25, 0.3) is 5.91 Å². The Morgan fingerprint density at radius 1 is 1.17 bits per heavy atom. The molecule has 0 aliphatic carbocycles. The van der Waals surface area contributed by atoms with Crippen LogP contribution in [0, 0.1) is 0 Å². The number of likely N-dealkylation sites (tertiary alicyclic amines) is 1. The number of alkyl halides is 4. The van der Waals surface area contributed by atoms with Crippen molar-refractivity contribution in [2.24, 2.45) is 0 Å². The number of hydrogen-bond acceptors (Lipinski definition) is 2. The Bertz CT molecular complexity index is 582. The van der Waals surface area contributed by atoms with E-state index in [0.717, 1.165) is 12.1 Å². The first-order valence-electron chi connectivity index (χ1n) is 7.63. The van der Waals surface area contributed by atoms with Gasteiger partial charge in [0.05, 0.1) is 5.56 Å². The zero-order valence-corrected chi connectivity index (χ0v) is 13.7. The number of rotatable bonds is 4. The zero-order chi connectivity index (χ0) is 17.7. The maximum atomic E-state index is 12.5. The first-order valence-corrected chi connectivity index (χ1v) is 8.16. The molecule has 0 aromatic heterocycles. The van der Waals surface area contributed by atoms with Crippen LogP contribution in [0.2, 0.25) is 0 Å². The lowest BCUT2D eigenvalue weighted by molar-refractivity contribution is -0.137. The van der Waals surface area contributed by atoms with E-state index in [1.165, 1.54) is 12.1 Å². The highest BCUT2D eigenvalue weighted by atomic mass is 35.5. The summed E-state index contributed by atoms with van der Waals surface area (Å²) in [4.78, 5) is 25.4. The average molecular weight is 363 g/mol. The number of piperidine rings is 1. The van der Waals surface area contributed by atoms with Gasteiger partial charge in [-0.1, -0.05) is 0 Å². The van der Waals surface area contributed by atoms with Crippen LogP contribution in [0.3, 0.4) is 0 Å². The molecule has 0 unspecified atom stereocenters. The van der Waals surface area contributed by atoms with Gasteiger partial charge in [-0.2, -0.15) is 13.2 Å². The molecular formula is C16H18ClF3N2O2. The fourth-order valence-corrected chi connectivity index (χ4v) is 2.77. The van der Waals surface area contributed by atoms with Gasteiger partial charge in [-0.05, 0) is 37.1 Å². The van der Waals surface area contributed by atoms with Crippen molar-refractivity contribution in [3.8, 4) is 0 Å². The molecule has 2 rings (SSSR count). The molecule has 0 atom stereocenters. The van der Waals surface area contributed by atoms with E-state index in [1.807, 2.05) is 0 Å². The second kappa shape index (κ2) is 7.88. The molecule has 4 nitrogen and oxygen atoms in total. The fraction of sp³-hybridized carbons (Fsp3) is 0.500. The largest absolute Gasteiger partial charge is 0.416 e. The number of halogens is 4. The Morgan fingerprint density at radius 2 is 1.75 bits per heavy atom. The summed E-state index contributed by atoms with van der Waals surface area (Å²) >= 11 is 5.50. The number of nitrogens with zero attached hydrogens (tertiary/aromatic N) is 1. The van der Waals surface area contributed by atoms with Crippen LogP contribution < -0.4 is 5.32 Å². The van der Waals surface area contributed by atoms with E-state index < -0.39 is 11.7 Å². The normalized spacial score (nSPS) is 16.1. The molecule has 0 saturated carbocycles. The molecular weight excluding hydrogens is 345 g/mol. The average Bonchev–Trinajstić information content (AvgIpc) is 2.54. The second-order valence-corrected chi connectivity index (χ2v) is 6.03. The summed E-state index contributed by atoms with van der Waals surface area (Å²) < 4.78 is 37.6. The third kappa shape index (κ3) is 4.87. The van der Waals surface area contributed by atoms with E-state index in [1.54, 1.807) is 4.90 Å². The van der Waals surface area contributed by atoms with Gasteiger partial charge < -0.3 is 10.2 Å². The predicted molar refractivity (Wildman–Crippen MR) is 83.8 cm³/mol. The van der Waals surface area contributed by atoms with Crippen LogP contribution >= 0.6 is 11.6 Å². The van der Waals surface area contributed by atoms with Crippen molar-refractivity contribution in [3.05, 3.63) is 35.4 Å². The summed E-state index contributed by atoms with van der Waals surface area (Å²) in [7, 11) is 0. The van der Waals surface area contributed by atoms with Crippen LogP contribution in [0.15, 0.2) is 24.3 Å². The maximum Gasteiger partial charge on any atom is 0.416 e. The van der Waals surface area contributed by atoms with E-state index in [2.05, 4.69) is 5.32 Å². The third-order valence-corrected chi connectivity index (χ3v) is 4.12. The molecule has 1 N–H and O–H groups in total. The molecule has 2 amide bonds. The van der Waals surface area contributed by atoms with Crippen molar-refractivity contribution in [1.29, 1.82) is 0 Å². The molecule has 1 heterocycles. The molecule has 1 aromatic rings. The SMILES string of the molecule is O=C(CCCl)NC1CCN(C(=O)c2ccc(C(F)(F)F)cc2)CC1. The van der Waals surface area contributed by atoms with E-state index in [-0.39, 0.29) is 35.7 Å². The van der Waals surface area contributed by atoms with Crippen molar-refractivity contribution >= 4 is 23.4 Å². The number of benzene rings is 1. The second-order valence-electron chi connectivity index (χ2n) is 5.65. The van der Waals surface area contributed by atoms with E-state index >= 15 is 0 Å². The molecule has 8 heteroatoms. The fourth-order valence-electron chi connectivity index (χ4n) is 2.60. The van der Waals surface area contributed by atoms with Crippen LogP contribution in [0.5, 0.6) is 0 Å². The summed E-state index contributed by atoms with van der Waals surface area (Å²) in [5, 5.41) is 2.86. The van der Waals surface area contributed by atoms with Crippen molar-refractivity contribution in [2.45, 2.75) is 31.5 Å². The van der Waals surface area contributed by atoms with E-state index in [4.69, 9.17) is 11.6 Å². The predicted octanol–water partition coefficient (Wildman–Crippen LogP) is 3.06. The third-order valence-electron chi connectivity index (χ3n) is 3.93. The van der Waals surface area contributed by atoms with Crippen LogP contribution in [0.1, 0.15) is 35.2 Å². The first kappa shape index (κ1) is 18.6. The number of carbonyl (C=O) groups is 2. The highest BCUT2D eigenvalue weighted by Gasteiger charge is 2.31. The van der Waals surface area contributed by atoms with E-state index in [0.29, 0.717) is 25.9 Å².